The van der Waals surface area contributed by atoms with Crippen LogP contribution in [0.4, 0.5) is 5.69 Å². The first-order valence-electron chi connectivity index (χ1n) is 7.52. The zero-order valence-electron chi connectivity index (χ0n) is 14.2. The minimum Gasteiger partial charge on any atom is -0.480 e. The molecule has 26 heavy (non-hydrogen) atoms. The Kier molecular flexibility index (Phi) is 6.09. The molecule has 0 aliphatic rings. The van der Waals surface area contributed by atoms with Gasteiger partial charge >= 0.3 is 16.4 Å². The molecule has 0 unspecified atom stereocenters. The predicted octanol–water partition coefficient (Wildman–Crippen LogP) is 1.75. The molecule has 1 aromatic heterocycles. The van der Waals surface area contributed by atoms with Crippen molar-refractivity contribution < 1.29 is 31.6 Å². The van der Waals surface area contributed by atoms with Gasteiger partial charge in [-0.3, -0.25) is 13.5 Å². The van der Waals surface area contributed by atoms with Gasteiger partial charge in [0.05, 0.1) is 23.6 Å². The first-order valence-corrected chi connectivity index (χ1v) is 8.89. The average molecular weight is 379 g/mol. The Morgan fingerprint density at radius 2 is 1.50 bits per heavy atom. The molecule has 0 atom stereocenters. The van der Waals surface area contributed by atoms with E-state index < -0.39 is 16.4 Å². The van der Waals surface area contributed by atoms with Gasteiger partial charge in [-0.05, 0) is 12.1 Å². The number of nitrogens with one attached hydrogen (secondary N) is 1. The highest BCUT2D eigenvalue weighted by atomic mass is 32.3. The molecule has 0 saturated heterocycles. The third-order valence-corrected chi connectivity index (χ3v) is 4.12. The fourth-order valence-corrected chi connectivity index (χ4v) is 2.58. The molecule has 3 aromatic rings. The Labute approximate surface area is 150 Å². The van der Waals surface area contributed by atoms with Crippen molar-refractivity contribution in [1.82, 2.24) is 0 Å². The molecule has 0 amide bonds. The van der Waals surface area contributed by atoms with Gasteiger partial charge in [-0.1, -0.05) is 24.3 Å². The number of hydrogen-bond acceptors (Lipinski definition) is 5. The summed E-state index contributed by atoms with van der Waals surface area (Å²) < 4.78 is 31.8. The Morgan fingerprint density at radius 3 is 1.88 bits per heavy atom. The number of rotatable bonds is 4. The van der Waals surface area contributed by atoms with Crippen molar-refractivity contribution in [3.05, 3.63) is 48.5 Å². The number of aromatic nitrogens is 1. The normalized spacial score (nSPS) is 11.0. The van der Waals surface area contributed by atoms with Gasteiger partial charge in [0.1, 0.15) is 13.6 Å². The lowest BCUT2D eigenvalue weighted by atomic mass is 10.1. The molecule has 2 aromatic carbocycles. The van der Waals surface area contributed by atoms with E-state index in [2.05, 4.69) is 14.1 Å². The minimum atomic E-state index is -4.16. The predicted molar refractivity (Wildman–Crippen MR) is 97.3 cm³/mol. The third kappa shape index (κ3) is 4.66. The van der Waals surface area contributed by atoms with Gasteiger partial charge in [-0.15, -0.1) is 0 Å². The largest absolute Gasteiger partial charge is 0.480 e. The summed E-state index contributed by atoms with van der Waals surface area (Å²) in [4.78, 5) is 10.8. The maximum absolute atomic E-state index is 10.8. The van der Waals surface area contributed by atoms with Crippen LogP contribution in [-0.2, 0) is 26.4 Å². The highest BCUT2D eigenvalue weighted by Gasteiger charge is 2.17. The summed E-state index contributed by atoms with van der Waals surface area (Å²) in [6.07, 6.45) is 0. The van der Waals surface area contributed by atoms with E-state index in [-0.39, 0.29) is 6.54 Å². The molecule has 0 aliphatic carbocycles. The Bertz CT molecular complexity index is 993. The van der Waals surface area contributed by atoms with Crippen LogP contribution in [0.2, 0.25) is 0 Å². The van der Waals surface area contributed by atoms with E-state index in [0.717, 1.165) is 34.6 Å². The van der Waals surface area contributed by atoms with Crippen LogP contribution < -0.4 is 9.88 Å². The van der Waals surface area contributed by atoms with Crippen molar-refractivity contribution >= 4 is 43.9 Å². The second-order valence-electron chi connectivity index (χ2n) is 5.31. The Balaban J connectivity index is 0.000000352. The molecule has 0 spiro atoms. The fourth-order valence-electron chi connectivity index (χ4n) is 2.58. The number of benzene rings is 2. The van der Waals surface area contributed by atoms with Gasteiger partial charge < -0.3 is 10.4 Å². The highest BCUT2D eigenvalue weighted by Crippen LogP contribution is 2.29. The van der Waals surface area contributed by atoms with Crippen LogP contribution in [0, 0.1) is 0 Å². The summed E-state index contributed by atoms with van der Waals surface area (Å²) in [5, 5.41) is 14.0. The SMILES string of the molecule is COS(=O)(=O)O.C[n+]1c2ccccc2c(NCC(=O)O)c2ccccc21. The van der Waals surface area contributed by atoms with Gasteiger partial charge in [0.15, 0.2) is 0 Å². The van der Waals surface area contributed by atoms with Crippen LogP contribution in [0.3, 0.4) is 0 Å². The topological polar surface area (TPSA) is 117 Å². The van der Waals surface area contributed by atoms with E-state index in [9.17, 15) is 13.2 Å². The van der Waals surface area contributed by atoms with Crippen molar-refractivity contribution in [3.8, 4) is 0 Å². The second kappa shape index (κ2) is 8.09. The molecule has 8 nitrogen and oxygen atoms in total. The summed E-state index contributed by atoms with van der Waals surface area (Å²) >= 11 is 0. The number of aryl methyl sites for hydroxylation is 1. The maximum atomic E-state index is 10.8. The van der Waals surface area contributed by atoms with Gasteiger partial charge in [0.25, 0.3) is 0 Å². The molecule has 0 saturated carbocycles. The van der Waals surface area contributed by atoms with E-state index in [1.54, 1.807) is 0 Å². The lowest BCUT2D eigenvalue weighted by molar-refractivity contribution is -0.617. The second-order valence-corrected chi connectivity index (χ2v) is 6.50. The molecule has 0 bridgehead atoms. The van der Waals surface area contributed by atoms with Crippen molar-refractivity contribution in [2.45, 2.75) is 0 Å². The first-order chi connectivity index (χ1) is 12.2. The van der Waals surface area contributed by atoms with E-state index in [0.29, 0.717) is 0 Å². The van der Waals surface area contributed by atoms with Gasteiger partial charge in [0.2, 0.25) is 11.0 Å². The van der Waals surface area contributed by atoms with Crippen LogP contribution in [-0.4, -0.2) is 37.7 Å². The summed E-state index contributed by atoms with van der Waals surface area (Å²) in [6, 6.07) is 16.0. The standard InChI is InChI=1S/C16H14N2O2.CH4O4S/c1-18-13-8-4-2-6-11(13)16(17-10-15(19)20)12-7-3-5-9-14(12)18;1-5-6(2,3)4/h2-9H,10H2,1H3,(H,19,20);1H3,(H,2,3,4)/p+1. The highest BCUT2D eigenvalue weighted by molar-refractivity contribution is 7.80. The van der Waals surface area contributed by atoms with Crippen molar-refractivity contribution in [2.24, 2.45) is 7.05 Å². The third-order valence-electron chi connectivity index (χ3n) is 3.70. The number of pyridine rings is 1. The van der Waals surface area contributed by atoms with Crippen LogP contribution in [0.25, 0.3) is 21.8 Å². The van der Waals surface area contributed by atoms with Crippen LogP contribution in [0.5, 0.6) is 0 Å². The number of hydrogen-bond donors (Lipinski definition) is 3. The smallest absolute Gasteiger partial charge is 0.397 e. The molecule has 3 rings (SSSR count). The zero-order valence-corrected chi connectivity index (χ0v) is 15.0. The van der Waals surface area contributed by atoms with Crippen molar-refractivity contribution in [3.63, 3.8) is 0 Å². The van der Waals surface area contributed by atoms with E-state index >= 15 is 0 Å². The number of carboxylic acids is 1. The number of aliphatic carboxylic acids is 1. The number of carbonyl (C=O) groups is 1. The molecular formula is C17H19N2O6S+. The molecule has 0 aliphatic heterocycles. The zero-order chi connectivity index (χ0) is 19.3. The number of carboxylic acid groups (broad SMARTS) is 1. The quantitative estimate of drug-likeness (QED) is 0.359. The Hall–Kier alpha value is -2.75. The average Bonchev–Trinajstić information content (AvgIpc) is 2.61. The van der Waals surface area contributed by atoms with Gasteiger partial charge in [0, 0.05) is 12.1 Å². The van der Waals surface area contributed by atoms with Crippen LogP contribution in [0.15, 0.2) is 48.5 Å². The first kappa shape index (κ1) is 19.6. The summed E-state index contributed by atoms with van der Waals surface area (Å²) in [5.41, 5.74) is 3.01. The molecule has 138 valence electrons. The fraction of sp³-hybridized carbons (Fsp3) is 0.176. The monoisotopic (exact) mass is 379 g/mol. The molecule has 0 radical (unpaired) electrons. The maximum Gasteiger partial charge on any atom is 0.397 e. The van der Waals surface area contributed by atoms with Gasteiger partial charge in [-0.2, -0.15) is 13.0 Å². The summed E-state index contributed by atoms with van der Waals surface area (Å²) in [5.74, 6) is -0.869. The minimum absolute atomic E-state index is 0.0955. The Morgan fingerprint density at radius 1 is 1.08 bits per heavy atom. The number of para-hydroxylation sites is 2. The summed E-state index contributed by atoms with van der Waals surface area (Å²) in [6.45, 7) is -0.0955. The van der Waals surface area contributed by atoms with Crippen molar-refractivity contribution in [1.29, 1.82) is 0 Å². The number of anilines is 1. The van der Waals surface area contributed by atoms with Gasteiger partial charge in [-0.25, -0.2) is 0 Å². The molecule has 9 heteroatoms. The molecule has 1 heterocycles. The number of nitrogens with zero attached hydrogens (tertiary/aromatic N) is 1. The lowest BCUT2D eigenvalue weighted by Crippen LogP contribution is -2.30. The molecule has 0 fully saturated rings. The number of fused-ring (bicyclic) bond motifs is 2. The van der Waals surface area contributed by atoms with E-state index in [1.807, 2.05) is 55.6 Å². The van der Waals surface area contributed by atoms with Crippen LogP contribution in [0.1, 0.15) is 0 Å². The molecule has 3 N–H and O–H groups in total. The van der Waals surface area contributed by atoms with E-state index in [1.165, 1.54) is 0 Å². The summed E-state index contributed by atoms with van der Waals surface area (Å²) in [7, 11) is -1.27. The lowest BCUT2D eigenvalue weighted by Gasteiger charge is -2.10. The van der Waals surface area contributed by atoms with Crippen LogP contribution >= 0.6 is 0 Å². The van der Waals surface area contributed by atoms with Crippen molar-refractivity contribution in [2.75, 3.05) is 19.0 Å². The molecular weight excluding hydrogens is 360 g/mol. The van der Waals surface area contributed by atoms with E-state index in [4.69, 9.17) is 9.66 Å².